The molecule has 9 heteroatoms. The molecule has 2 aliphatic rings. The van der Waals surface area contributed by atoms with E-state index >= 15 is 0 Å². The van der Waals surface area contributed by atoms with Gasteiger partial charge in [0.15, 0.2) is 15.5 Å². The SMILES string of the molecule is O=C(c1cn(Cc2cccc3ccccc23)nn1)N1CCN([C@@H]2CCS(=O)(=O)C2)CC1. The van der Waals surface area contributed by atoms with Gasteiger partial charge in [-0.25, -0.2) is 13.1 Å². The number of nitrogens with zero attached hydrogens (tertiary/aromatic N) is 5. The highest BCUT2D eigenvalue weighted by Crippen LogP contribution is 2.21. The summed E-state index contributed by atoms with van der Waals surface area (Å²) in [7, 11) is -2.90. The maximum absolute atomic E-state index is 12.9. The van der Waals surface area contributed by atoms with Crippen molar-refractivity contribution < 1.29 is 13.2 Å². The number of amides is 1. The van der Waals surface area contributed by atoms with Crippen molar-refractivity contribution >= 4 is 26.5 Å². The number of rotatable bonds is 4. The molecule has 0 N–H and O–H groups in total. The van der Waals surface area contributed by atoms with Gasteiger partial charge in [0, 0.05) is 32.2 Å². The van der Waals surface area contributed by atoms with E-state index in [1.54, 1.807) is 15.8 Å². The lowest BCUT2D eigenvalue weighted by molar-refractivity contribution is 0.0582. The Hall–Kier alpha value is -2.78. The summed E-state index contributed by atoms with van der Waals surface area (Å²) < 4.78 is 25.2. The molecule has 3 heterocycles. The van der Waals surface area contributed by atoms with Gasteiger partial charge in [-0.2, -0.15) is 0 Å². The molecule has 8 nitrogen and oxygen atoms in total. The van der Waals surface area contributed by atoms with Crippen molar-refractivity contribution in [1.29, 1.82) is 0 Å². The van der Waals surface area contributed by atoms with Crippen molar-refractivity contribution in [1.82, 2.24) is 24.8 Å². The summed E-state index contributed by atoms with van der Waals surface area (Å²) >= 11 is 0. The number of hydrogen-bond acceptors (Lipinski definition) is 6. The lowest BCUT2D eigenvalue weighted by Gasteiger charge is -2.37. The van der Waals surface area contributed by atoms with Gasteiger partial charge in [-0.3, -0.25) is 9.69 Å². The first-order chi connectivity index (χ1) is 15.0. The van der Waals surface area contributed by atoms with Gasteiger partial charge in [-0.05, 0) is 22.8 Å². The van der Waals surface area contributed by atoms with Gasteiger partial charge >= 0.3 is 0 Å². The third kappa shape index (κ3) is 4.20. The van der Waals surface area contributed by atoms with Gasteiger partial charge in [0.2, 0.25) is 0 Å². The molecule has 0 saturated carbocycles. The molecule has 2 saturated heterocycles. The molecule has 2 aliphatic heterocycles. The fourth-order valence-electron chi connectivity index (χ4n) is 4.59. The van der Waals surface area contributed by atoms with Gasteiger partial charge in [-0.1, -0.05) is 47.7 Å². The summed E-state index contributed by atoms with van der Waals surface area (Å²) in [5, 5.41) is 10.6. The van der Waals surface area contributed by atoms with Crippen LogP contribution in [0.2, 0.25) is 0 Å². The van der Waals surface area contributed by atoms with Crippen LogP contribution in [0.1, 0.15) is 22.5 Å². The number of fused-ring (bicyclic) bond motifs is 1. The number of sulfone groups is 1. The van der Waals surface area contributed by atoms with Crippen molar-refractivity contribution in [2.24, 2.45) is 0 Å². The van der Waals surface area contributed by atoms with E-state index in [9.17, 15) is 13.2 Å². The zero-order valence-electron chi connectivity index (χ0n) is 17.2. The molecule has 2 fully saturated rings. The quantitative estimate of drug-likeness (QED) is 0.611. The molecular formula is C22H25N5O3S. The second-order valence-corrected chi connectivity index (χ2v) is 10.6. The second-order valence-electron chi connectivity index (χ2n) is 8.32. The Morgan fingerprint density at radius 3 is 2.58 bits per heavy atom. The minimum atomic E-state index is -2.90. The first-order valence-corrected chi connectivity index (χ1v) is 12.4. The third-order valence-electron chi connectivity index (χ3n) is 6.30. The molecule has 0 unspecified atom stereocenters. The topological polar surface area (TPSA) is 88.4 Å². The summed E-state index contributed by atoms with van der Waals surface area (Å²) in [6.45, 7) is 3.08. The number of hydrogen-bond donors (Lipinski definition) is 0. The zero-order valence-corrected chi connectivity index (χ0v) is 18.0. The lowest BCUT2D eigenvalue weighted by atomic mass is 10.0. The molecule has 1 aromatic heterocycles. The van der Waals surface area contributed by atoms with Crippen LogP contribution in [-0.2, 0) is 16.4 Å². The summed E-state index contributed by atoms with van der Waals surface area (Å²) in [6.07, 6.45) is 2.40. The van der Waals surface area contributed by atoms with Gasteiger partial charge in [0.1, 0.15) is 0 Å². The van der Waals surface area contributed by atoms with Crippen LogP contribution in [0.5, 0.6) is 0 Å². The average Bonchev–Trinajstić information content (AvgIpc) is 3.40. The molecule has 31 heavy (non-hydrogen) atoms. The number of piperazine rings is 1. The van der Waals surface area contributed by atoms with Crippen LogP contribution in [0.15, 0.2) is 48.7 Å². The molecule has 5 rings (SSSR count). The van der Waals surface area contributed by atoms with Crippen LogP contribution >= 0.6 is 0 Å². The van der Waals surface area contributed by atoms with Crippen molar-refractivity contribution in [2.45, 2.75) is 19.0 Å². The summed E-state index contributed by atoms with van der Waals surface area (Å²) in [6, 6.07) is 14.5. The molecular weight excluding hydrogens is 414 g/mol. The van der Waals surface area contributed by atoms with Crippen molar-refractivity contribution in [3.63, 3.8) is 0 Å². The molecule has 1 atom stereocenters. The lowest BCUT2D eigenvalue weighted by Crippen LogP contribution is -2.52. The Morgan fingerprint density at radius 2 is 1.81 bits per heavy atom. The Bertz CT molecular complexity index is 1210. The average molecular weight is 440 g/mol. The molecule has 0 bridgehead atoms. The number of carbonyl (C=O) groups is 1. The zero-order chi connectivity index (χ0) is 21.4. The molecule has 0 radical (unpaired) electrons. The third-order valence-corrected chi connectivity index (χ3v) is 8.05. The van der Waals surface area contributed by atoms with Crippen molar-refractivity contribution in [2.75, 3.05) is 37.7 Å². The van der Waals surface area contributed by atoms with E-state index in [-0.39, 0.29) is 23.5 Å². The van der Waals surface area contributed by atoms with E-state index in [0.717, 1.165) is 5.56 Å². The number of benzene rings is 2. The van der Waals surface area contributed by atoms with E-state index < -0.39 is 9.84 Å². The largest absolute Gasteiger partial charge is 0.335 e. The minimum Gasteiger partial charge on any atom is -0.335 e. The second kappa shape index (κ2) is 8.05. The van der Waals surface area contributed by atoms with Crippen LogP contribution in [0.25, 0.3) is 10.8 Å². The van der Waals surface area contributed by atoms with Crippen molar-refractivity contribution in [3.8, 4) is 0 Å². The van der Waals surface area contributed by atoms with Gasteiger partial charge in [0.25, 0.3) is 5.91 Å². The maximum atomic E-state index is 12.9. The predicted molar refractivity (Wildman–Crippen MR) is 118 cm³/mol. The Kier molecular flexibility index (Phi) is 5.23. The molecule has 0 aliphatic carbocycles. The number of carbonyl (C=O) groups excluding carboxylic acids is 1. The highest BCUT2D eigenvalue weighted by molar-refractivity contribution is 7.91. The fourth-order valence-corrected chi connectivity index (χ4v) is 6.36. The van der Waals surface area contributed by atoms with Gasteiger partial charge in [0.05, 0.1) is 24.2 Å². The fraction of sp³-hybridized carbons (Fsp3) is 0.409. The van der Waals surface area contributed by atoms with Crippen LogP contribution in [-0.4, -0.2) is 82.8 Å². The Balaban J connectivity index is 1.23. The van der Waals surface area contributed by atoms with E-state index in [1.807, 2.05) is 18.2 Å². The van der Waals surface area contributed by atoms with Crippen LogP contribution in [0, 0.1) is 0 Å². The summed E-state index contributed by atoms with van der Waals surface area (Å²) in [4.78, 5) is 16.9. The molecule has 2 aromatic carbocycles. The first-order valence-electron chi connectivity index (χ1n) is 10.6. The number of aromatic nitrogens is 3. The van der Waals surface area contributed by atoms with Crippen molar-refractivity contribution in [3.05, 3.63) is 59.9 Å². The van der Waals surface area contributed by atoms with E-state index in [1.165, 1.54) is 10.8 Å². The monoisotopic (exact) mass is 439 g/mol. The standard InChI is InChI=1S/C22H25N5O3S/c28-22(26-11-9-25(10-12-26)19-8-13-31(29,30)16-19)21-15-27(24-23-21)14-18-6-3-5-17-4-1-2-7-20(17)18/h1-7,15,19H,8-14,16H2/t19-/m1/s1. The van der Waals surface area contributed by atoms with Gasteiger partial charge < -0.3 is 4.90 Å². The van der Waals surface area contributed by atoms with Crippen LogP contribution in [0.3, 0.4) is 0 Å². The van der Waals surface area contributed by atoms with Crippen LogP contribution < -0.4 is 0 Å². The summed E-state index contributed by atoms with van der Waals surface area (Å²) in [5.41, 5.74) is 1.47. The minimum absolute atomic E-state index is 0.0869. The van der Waals surface area contributed by atoms with E-state index in [0.29, 0.717) is 44.8 Å². The van der Waals surface area contributed by atoms with Crippen LogP contribution in [0.4, 0.5) is 0 Å². The van der Waals surface area contributed by atoms with Gasteiger partial charge in [-0.15, -0.1) is 5.10 Å². The smallest absolute Gasteiger partial charge is 0.276 e. The van der Waals surface area contributed by atoms with E-state index in [2.05, 4.69) is 39.5 Å². The first kappa shape index (κ1) is 20.1. The Morgan fingerprint density at radius 1 is 1.03 bits per heavy atom. The Labute approximate surface area is 181 Å². The predicted octanol–water partition coefficient (Wildman–Crippen LogP) is 1.42. The molecule has 0 spiro atoms. The molecule has 3 aromatic rings. The maximum Gasteiger partial charge on any atom is 0.276 e. The highest BCUT2D eigenvalue weighted by Gasteiger charge is 2.34. The normalized spacial score (nSPS) is 21.5. The summed E-state index contributed by atoms with van der Waals surface area (Å²) in [5.74, 6) is 0.392. The molecule has 1 amide bonds. The molecule has 162 valence electrons. The van der Waals surface area contributed by atoms with E-state index in [4.69, 9.17) is 0 Å². The highest BCUT2D eigenvalue weighted by atomic mass is 32.2.